The fourth-order valence-corrected chi connectivity index (χ4v) is 2.78. The van der Waals surface area contributed by atoms with Gasteiger partial charge in [0.2, 0.25) is 5.89 Å². The highest BCUT2D eigenvalue weighted by Gasteiger charge is 2.42. The highest BCUT2D eigenvalue weighted by molar-refractivity contribution is 5.79. The predicted octanol–water partition coefficient (Wildman–Crippen LogP) is 1.67. The van der Waals surface area contributed by atoms with Gasteiger partial charge in [-0.2, -0.15) is 4.98 Å². The quantitative estimate of drug-likeness (QED) is 0.854. The molecule has 0 aliphatic carbocycles. The zero-order valence-corrected chi connectivity index (χ0v) is 13.9. The molecule has 8 heteroatoms. The van der Waals surface area contributed by atoms with Crippen LogP contribution in [0.25, 0.3) is 0 Å². The van der Waals surface area contributed by atoms with Crippen molar-refractivity contribution in [3.63, 3.8) is 0 Å². The molecular formula is C17H20N4O4. The number of aliphatic carboxylic acids is 1. The summed E-state index contributed by atoms with van der Waals surface area (Å²) in [7, 11) is 0. The largest absolute Gasteiger partial charge is 0.481 e. The third-order valence-corrected chi connectivity index (χ3v) is 4.38. The summed E-state index contributed by atoms with van der Waals surface area (Å²) in [6.07, 6.45) is 0.999. The Kier molecular flexibility index (Phi) is 4.69. The molecule has 3 rings (SSSR count). The zero-order chi connectivity index (χ0) is 17.9. The molecule has 132 valence electrons. The topological polar surface area (TPSA) is 109 Å². The minimum atomic E-state index is -0.884. The Labute approximate surface area is 144 Å². The second-order valence-corrected chi connectivity index (χ2v) is 6.46. The van der Waals surface area contributed by atoms with Crippen molar-refractivity contribution >= 4 is 12.0 Å². The van der Waals surface area contributed by atoms with Gasteiger partial charge in [-0.05, 0) is 18.9 Å². The number of carboxylic acid groups (broad SMARTS) is 1. The summed E-state index contributed by atoms with van der Waals surface area (Å²) >= 11 is 0. The van der Waals surface area contributed by atoms with Crippen molar-refractivity contribution < 1.29 is 19.2 Å². The number of rotatable bonds is 5. The van der Waals surface area contributed by atoms with Gasteiger partial charge >= 0.3 is 12.0 Å². The lowest BCUT2D eigenvalue weighted by Gasteiger charge is -2.20. The molecule has 1 aromatic heterocycles. The summed E-state index contributed by atoms with van der Waals surface area (Å²) in [4.78, 5) is 29.1. The normalized spacial score (nSPS) is 19.8. The van der Waals surface area contributed by atoms with Crippen LogP contribution in [0.2, 0.25) is 0 Å². The van der Waals surface area contributed by atoms with E-state index in [0.29, 0.717) is 31.1 Å². The molecule has 1 unspecified atom stereocenters. The van der Waals surface area contributed by atoms with Crippen LogP contribution in [0.15, 0.2) is 34.9 Å². The van der Waals surface area contributed by atoms with Crippen LogP contribution in [0.3, 0.4) is 0 Å². The van der Waals surface area contributed by atoms with Crippen molar-refractivity contribution in [1.29, 1.82) is 0 Å². The van der Waals surface area contributed by atoms with Crippen LogP contribution in [-0.2, 0) is 17.8 Å². The fraction of sp³-hybridized carbons (Fsp3) is 0.412. The van der Waals surface area contributed by atoms with E-state index in [1.807, 2.05) is 30.3 Å². The van der Waals surface area contributed by atoms with Gasteiger partial charge < -0.3 is 19.8 Å². The molecule has 2 heterocycles. The van der Waals surface area contributed by atoms with Crippen LogP contribution >= 0.6 is 0 Å². The average molecular weight is 344 g/mol. The summed E-state index contributed by atoms with van der Waals surface area (Å²) in [6.45, 7) is 2.37. The third-order valence-electron chi connectivity index (χ3n) is 4.38. The number of nitrogens with zero attached hydrogens (tertiary/aromatic N) is 3. The summed E-state index contributed by atoms with van der Waals surface area (Å²) in [5, 5.41) is 15.8. The molecule has 8 nitrogen and oxygen atoms in total. The summed E-state index contributed by atoms with van der Waals surface area (Å²) in [6, 6.07) is 9.45. The van der Waals surface area contributed by atoms with E-state index in [2.05, 4.69) is 15.5 Å². The Morgan fingerprint density at radius 1 is 1.36 bits per heavy atom. The maximum absolute atomic E-state index is 12.2. The van der Waals surface area contributed by atoms with Gasteiger partial charge in [-0.1, -0.05) is 35.5 Å². The molecule has 0 saturated carbocycles. The summed E-state index contributed by atoms with van der Waals surface area (Å²) < 4.78 is 5.14. The maximum atomic E-state index is 12.2. The Bertz CT molecular complexity index is 761. The van der Waals surface area contributed by atoms with Crippen molar-refractivity contribution in [3.05, 3.63) is 47.6 Å². The van der Waals surface area contributed by atoms with Gasteiger partial charge in [0, 0.05) is 19.5 Å². The molecule has 25 heavy (non-hydrogen) atoms. The van der Waals surface area contributed by atoms with E-state index >= 15 is 0 Å². The molecule has 1 aliphatic rings. The molecule has 1 aliphatic heterocycles. The van der Waals surface area contributed by atoms with Crippen molar-refractivity contribution in [2.75, 3.05) is 13.1 Å². The second kappa shape index (κ2) is 6.92. The number of carboxylic acids is 1. The number of amides is 2. The van der Waals surface area contributed by atoms with Crippen molar-refractivity contribution in [3.8, 4) is 0 Å². The highest BCUT2D eigenvalue weighted by Crippen LogP contribution is 2.29. The Balaban J connectivity index is 1.51. The number of likely N-dealkylation sites (tertiary alicyclic amines) is 1. The standard InChI is InChI=1S/C17H20N4O4/c1-17(15(22)23)7-8-21(11-17)16(24)18-10-14-19-13(20-25-14)9-12-5-3-2-4-6-12/h2-6H,7-11H2,1H3,(H,18,24)(H,22,23). The molecule has 1 saturated heterocycles. The SMILES string of the molecule is CC1(C(=O)O)CCN(C(=O)NCc2nc(Cc3ccccc3)no2)C1. The van der Waals surface area contributed by atoms with E-state index in [4.69, 9.17) is 4.52 Å². The summed E-state index contributed by atoms with van der Waals surface area (Å²) in [5.41, 5.74) is 0.189. The third kappa shape index (κ3) is 3.96. The number of hydrogen-bond acceptors (Lipinski definition) is 5. The van der Waals surface area contributed by atoms with Gasteiger partial charge in [0.15, 0.2) is 5.82 Å². The first-order chi connectivity index (χ1) is 12.0. The number of carbonyl (C=O) groups is 2. The lowest BCUT2D eigenvalue weighted by atomic mass is 9.90. The van der Waals surface area contributed by atoms with E-state index in [0.717, 1.165) is 5.56 Å². The predicted molar refractivity (Wildman–Crippen MR) is 87.7 cm³/mol. The first kappa shape index (κ1) is 16.9. The Morgan fingerprint density at radius 3 is 2.80 bits per heavy atom. The number of aromatic nitrogens is 2. The van der Waals surface area contributed by atoms with E-state index in [1.165, 1.54) is 4.90 Å². The number of urea groups is 1. The van der Waals surface area contributed by atoms with Crippen LogP contribution in [0.5, 0.6) is 0 Å². The van der Waals surface area contributed by atoms with Crippen LogP contribution in [0.4, 0.5) is 4.79 Å². The van der Waals surface area contributed by atoms with Crippen molar-refractivity contribution in [2.24, 2.45) is 5.41 Å². The Morgan fingerprint density at radius 2 is 2.12 bits per heavy atom. The molecule has 1 aromatic carbocycles. The van der Waals surface area contributed by atoms with Gasteiger partial charge in [0.1, 0.15) is 0 Å². The zero-order valence-electron chi connectivity index (χ0n) is 13.9. The highest BCUT2D eigenvalue weighted by atomic mass is 16.5. The molecule has 2 amide bonds. The second-order valence-electron chi connectivity index (χ2n) is 6.46. The van der Waals surface area contributed by atoms with E-state index in [9.17, 15) is 14.7 Å². The van der Waals surface area contributed by atoms with E-state index in [1.54, 1.807) is 6.92 Å². The molecule has 2 N–H and O–H groups in total. The monoisotopic (exact) mass is 344 g/mol. The number of carbonyl (C=O) groups excluding carboxylic acids is 1. The first-order valence-corrected chi connectivity index (χ1v) is 8.08. The minimum Gasteiger partial charge on any atom is -0.481 e. The molecule has 0 radical (unpaired) electrons. The molecule has 2 aromatic rings. The minimum absolute atomic E-state index is 0.112. The lowest BCUT2D eigenvalue weighted by molar-refractivity contribution is -0.147. The molecule has 0 bridgehead atoms. The van der Waals surface area contributed by atoms with Crippen LogP contribution in [0.1, 0.15) is 30.6 Å². The average Bonchev–Trinajstić information content (AvgIpc) is 3.21. The van der Waals surface area contributed by atoms with E-state index in [-0.39, 0.29) is 19.1 Å². The van der Waals surface area contributed by atoms with Crippen LogP contribution in [0, 0.1) is 5.41 Å². The summed E-state index contributed by atoms with van der Waals surface area (Å²) in [5.74, 6) is -0.0141. The van der Waals surface area contributed by atoms with E-state index < -0.39 is 11.4 Å². The van der Waals surface area contributed by atoms with Gasteiger partial charge in [0.25, 0.3) is 0 Å². The molecule has 0 spiro atoms. The Hall–Kier alpha value is -2.90. The van der Waals surface area contributed by atoms with Crippen molar-refractivity contribution in [2.45, 2.75) is 26.3 Å². The van der Waals surface area contributed by atoms with Crippen molar-refractivity contribution in [1.82, 2.24) is 20.4 Å². The van der Waals surface area contributed by atoms with Gasteiger partial charge in [0.05, 0.1) is 12.0 Å². The fourth-order valence-electron chi connectivity index (χ4n) is 2.78. The molecular weight excluding hydrogens is 324 g/mol. The first-order valence-electron chi connectivity index (χ1n) is 8.08. The van der Waals surface area contributed by atoms with Crippen LogP contribution < -0.4 is 5.32 Å². The lowest BCUT2D eigenvalue weighted by Crippen LogP contribution is -2.40. The van der Waals surface area contributed by atoms with Gasteiger partial charge in [-0.3, -0.25) is 4.79 Å². The molecule has 1 fully saturated rings. The smallest absolute Gasteiger partial charge is 0.317 e. The molecule has 1 atom stereocenters. The van der Waals surface area contributed by atoms with Gasteiger partial charge in [-0.25, -0.2) is 4.79 Å². The number of hydrogen-bond donors (Lipinski definition) is 2. The number of benzene rings is 1. The number of nitrogens with one attached hydrogen (secondary N) is 1. The maximum Gasteiger partial charge on any atom is 0.317 e. The van der Waals surface area contributed by atoms with Crippen LogP contribution in [-0.4, -0.2) is 45.2 Å². The van der Waals surface area contributed by atoms with Gasteiger partial charge in [-0.15, -0.1) is 0 Å².